The fourth-order valence-electron chi connectivity index (χ4n) is 5.89. The van der Waals surface area contributed by atoms with Gasteiger partial charge in [-0.05, 0) is 52.1 Å². The Balaban J connectivity index is 1.18. The maximum atomic E-state index is 5.13. The molecule has 212 valence electrons. The fraction of sp³-hybridized carbons (Fsp3) is 0. The second-order valence-corrected chi connectivity index (χ2v) is 12.2. The lowest BCUT2D eigenvalue weighted by molar-refractivity contribution is 1.46. The van der Waals surface area contributed by atoms with E-state index >= 15 is 0 Å². The number of allylic oxidation sites excluding steroid dienone is 2. The molecule has 2 heterocycles. The first-order valence-corrected chi connectivity index (χ1v) is 15.8. The van der Waals surface area contributed by atoms with Crippen molar-refractivity contribution in [1.29, 1.82) is 0 Å². The van der Waals surface area contributed by atoms with Crippen molar-refractivity contribution in [2.75, 3.05) is 0 Å². The molecule has 0 bridgehead atoms. The van der Waals surface area contributed by atoms with Crippen molar-refractivity contribution >= 4 is 48.8 Å². The van der Waals surface area contributed by atoms with Gasteiger partial charge < -0.3 is 0 Å². The molecule has 1 aliphatic heterocycles. The monoisotopic (exact) mass is 592 g/mol. The van der Waals surface area contributed by atoms with Crippen LogP contribution in [0, 0.1) is 0 Å². The standard InChI is InChI=1S/C42H28N2S/c1-28-25-38(43-42(33-15-9-4-10-16-33)44-41(28)32-13-7-3-8-14-32)35-22-24-39-37(26-35)36-23-21-34(27-40(36)45-39)31-19-17-30(18-20-31)29-11-5-2-6-12-29/h2-27H,1H2. The molecule has 6 aromatic carbocycles. The number of hydrogen-bond acceptors (Lipinski definition) is 3. The maximum absolute atomic E-state index is 5.13. The summed E-state index contributed by atoms with van der Waals surface area (Å²) < 4.78 is 2.53. The first-order valence-electron chi connectivity index (χ1n) is 15.0. The highest BCUT2D eigenvalue weighted by Gasteiger charge is 2.17. The Morgan fingerprint density at radius 1 is 0.422 bits per heavy atom. The van der Waals surface area contributed by atoms with Gasteiger partial charge in [-0.25, -0.2) is 9.98 Å². The second-order valence-electron chi connectivity index (χ2n) is 11.2. The molecule has 0 spiro atoms. The predicted molar refractivity (Wildman–Crippen MR) is 193 cm³/mol. The molecule has 0 aliphatic carbocycles. The molecule has 0 saturated heterocycles. The van der Waals surface area contributed by atoms with Gasteiger partial charge in [-0.1, -0.05) is 140 Å². The predicted octanol–water partition coefficient (Wildman–Crippen LogP) is 11.2. The Morgan fingerprint density at radius 3 is 1.67 bits per heavy atom. The number of benzene rings is 6. The molecule has 0 unspecified atom stereocenters. The third-order valence-corrected chi connectivity index (χ3v) is 9.36. The summed E-state index contributed by atoms with van der Waals surface area (Å²) in [5, 5.41) is 2.48. The van der Waals surface area contributed by atoms with Gasteiger partial charge in [0.2, 0.25) is 0 Å². The highest BCUT2D eigenvalue weighted by Crippen LogP contribution is 2.38. The van der Waals surface area contributed by atoms with Crippen LogP contribution < -0.4 is 0 Å². The molecule has 0 saturated carbocycles. The molecular weight excluding hydrogens is 565 g/mol. The Hall–Kier alpha value is -5.64. The lowest BCUT2D eigenvalue weighted by Crippen LogP contribution is -2.06. The van der Waals surface area contributed by atoms with Crippen LogP contribution in [-0.2, 0) is 0 Å². The van der Waals surface area contributed by atoms with Gasteiger partial charge in [0.25, 0.3) is 0 Å². The van der Waals surface area contributed by atoms with Gasteiger partial charge in [0.15, 0.2) is 5.84 Å². The van der Waals surface area contributed by atoms with Gasteiger partial charge in [0.05, 0.1) is 11.4 Å². The van der Waals surface area contributed by atoms with E-state index < -0.39 is 0 Å². The SMILES string of the molecule is C=C1C=C(c2ccc3sc4cc(-c5ccc(-c6ccccc6)cc5)ccc4c3c2)N=C(c2ccccc2)N=C1c1ccccc1. The molecule has 45 heavy (non-hydrogen) atoms. The molecule has 0 atom stereocenters. The van der Waals surface area contributed by atoms with Crippen LogP contribution in [-0.4, -0.2) is 11.5 Å². The third-order valence-electron chi connectivity index (χ3n) is 8.23. The zero-order valence-corrected chi connectivity index (χ0v) is 25.3. The molecule has 7 aromatic rings. The van der Waals surface area contributed by atoms with E-state index in [1.165, 1.54) is 42.4 Å². The van der Waals surface area contributed by atoms with E-state index in [2.05, 4.69) is 128 Å². The van der Waals surface area contributed by atoms with Gasteiger partial charge in [-0.2, -0.15) is 0 Å². The van der Waals surface area contributed by atoms with Crippen LogP contribution in [0.4, 0.5) is 0 Å². The number of hydrogen-bond donors (Lipinski definition) is 0. The third kappa shape index (κ3) is 5.24. The smallest absolute Gasteiger partial charge is 0.160 e. The Morgan fingerprint density at radius 2 is 0.978 bits per heavy atom. The number of rotatable bonds is 5. The average molecular weight is 593 g/mol. The van der Waals surface area contributed by atoms with E-state index in [9.17, 15) is 0 Å². The Bertz CT molecular complexity index is 2290. The number of thiophene rings is 1. The van der Waals surface area contributed by atoms with Gasteiger partial charge in [0, 0.05) is 36.9 Å². The van der Waals surface area contributed by atoms with Gasteiger partial charge in [-0.3, -0.25) is 0 Å². The van der Waals surface area contributed by atoms with Crippen molar-refractivity contribution in [2.24, 2.45) is 9.98 Å². The molecule has 0 amide bonds. The molecule has 0 radical (unpaired) electrons. The fourth-order valence-corrected chi connectivity index (χ4v) is 7.02. The van der Waals surface area contributed by atoms with Crippen LogP contribution in [0.25, 0.3) is 48.1 Å². The van der Waals surface area contributed by atoms with E-state index in [1.807, 2.05) is 47.7 Å². The van der Waals surface area contributed by atoms with Crippen LogP contribution in [0.5, 0.6) is 0 Å². The molecule has 1 aliphatic rings. The van der Waals surface area contributed by atoms with Crippen molar-refractivity contribution in [1.82, 2.24) is 0 Å². The number of nitrogens with zero attached hydrogens (tertiary/aromatic N) is 2. The Labute approximate surface area is 266 Å². The summed E-state index contributed by atoms with van der Waals surface area (Å²) in [5.74, 6) is 0.678. The van der Waals surface area contributed by atoms with Crippen molar-refractivity contribution in [3.63, 3.8) is 0 Å². The zero-order chi connectivity index (χ0) is 30.2. The lowest BCUT2D eigenvalue weighted by atomic mass is 9.99. The van der Waals surface area contributed by atoms with Crippen molar-refractivity contribution in [2.45, 2.75) is 0 Å². The molecule has 8 rings (SSSR count). The van der Waals surface area contributed by atoms with Crippen LogP contribution in [0.15, 0.2) is 180 Å². The average Bonchev–Trinajstić information content (AvgIpc) is 3.38. The van der Waals surface area contributed by atoms with Crippen LogP contribution in [0.1, 0.15) is 16.7 Å². The summed E-state index contributed by atoms with van der Waals surface area (Å²) in [5.41, 5.74) is 10.5. The summed E-state index contributed by atoms with van der Waals surface area (Å²) in [6.07, 6.45) is 2.06. The number of amidine groups is 1. The minimum absolute atomic E-state index is 0.678. The molecule has 0 N–H and O–H groups in total. The van der Waals surface area contributed by atoms with Crippen LogP contribution >= 0.6 is 11.3 Å². The van der Waals surface area contributed by atoms with Crippen molar-refractivity contribution < 1.29 is 0 Å². The van der Waals surface area contributed by atoms with E-state index in [-0.39, 0.29) is 0 Å². The summed E-state index contributed by atoms with van der Waals surface area (Å²) in [6, 6.07) is 53.2. The van der Waals surface area contributed by atoms with Gasteiger partial charge in [-0.15, -0.1) is 11.3 Å². The molecular formula is C42H28N2S. The first kappa shape index (κ1) is 26.9. The Kier molecular flexibility index (Phi) is 6.86. The quantitative estimate of drug-likeness (QED) is 0.190. The van der Waals surface area contributed by atoms with Crippen LogP contribution in [0.2, 0.25) is 0 Å². The summed E-state index contributed by atoms with van der Waals surface area (Å²) in [4.78, 5) is 10.2. The highest BCUT2D eigenvalue weighted by molar-refractivity contribution is 7.25. The van der Waals surface area contributed by atoms with Crippen LogP contribution in [0.3, 0.4) is 0 Å². The number of aliphatic imine (C=N–C) groups is 2. The topological polar surface area (TPSA) is 24.7 Å². The summed E-state index contributed by atoms with van der Waals surface area (Å²) >= 11 is 1.83. The molecule has 2 nitrogen and oxygen atoms in total. The molecule has 0 fully saturated rings. The normalized spacial score (nSPS) is 13.3. The van der Waals surface area contributed by atoms with E-state index in [4.69, 9.17) is 9.98 Å². The molecule has 1 aromatic heterocycles. The van der Waals surface area contributed by atoms with E-state index in [0.717, 1.165) is 33.7 Å². The maximum Gasteiger partial charge on any atom is 0.160 e. The second kappa shape index (κ2) is 11.5. The highest BCUT2D eigenvalue weighted by atomic mass is 32.1. The van der Waals surface area contributed by atoms with Crippen molar-refractivity contribution in [3.05, 3.63) is 187 Å². The summed E-state index contributed by atoms with van der Waals surface area (Å²) in [7, 11) is 0. The summed E-state index contributed by atoms with van der Waals surface area (Å²) in [6.45, 7) is 4.42. The number of fused-ring (bicyclic) bond motifs is 3. The molecule has 3 heteroatoms. The zero-order valence-electron chi connectivity index (χ0n) is 24.5. The van der Waals surface area contributed by atoms with Gasteiger partial charge in [0.1, 0.15) is 0 Å². The largest absolute Gasteiger partial charge is 0.228 e. The first-order chi connectivity index (χ1) is 22.2. The van der Waals surface area contributed by atoms with Crippen molar-refractivity contribution in [3.8, 4) is 22.3 Å². The lowest BCUT2D eigenvalue weighted by Gasteiger charge is -2.06. The minimum atomic E-state index is 0.678. The minimum Gasteiger partial charge on any atom is -0.228 e. The van der Waals surface area contributed by atoms with E-state index in [1.54, 1.807) is 0 Å². The van der Waals surface area contributed by atoms with E-state index in [0.29, 0.717) is 5.84 Å². The van der Waals surface area contributed by atoms with Gasteiger partial charge >= 0.3 is 0 Å².